The van der Waals surface area contributed by atoms with Gasteiger partial charge in [-0.2, -0.15) is 14.6 Å². The first-order chi connectivity index (χ1) is 20.4. The minimum absolute atomic E-state index is 0.173. The van der Waals surface area contributed by atoms with E-state index in [1.165, 1.54) is 17.5 Å². The van der Waals surface area contributed by atoms with E-state index in [1.807, 2.05) is 37.3 Å². The van der Waals surface area contributed by atoms with Gasteiger partial charge in [0.25, 0.3) is 5.56 Å². The van der Waals surface area contributed by atoms with Crippen LogP contribution in [0.5, 0.6) is 11.5 Å². The fourth-order valence-corrected chi connectivity index (χ4v) is 5.29. The Morgan fingerprint density at radius 1 is 1.02 bits per heavy atom. The first-order valence-electron chi connectivity index (χ1n) is 13.2. The summed E-state index contributed by atoms with van der Waals surface area (Å²) in [6, 6.07) is 21.1. The van der Waals surface area contributed by atoms with Crippen LogP contribution in [0.1, 0.15) is 25.8 Å². The minimum Gasteiger partial charge on any atom is -0.491 e. The molecule has 3 heterocycles. The Hall–Kier alpha value is -5.16. The van der Waals surface area contributed by atoms with Crippen LogP contribution in [0.25, 0.3) is 39.4 Å². The summed E-state index contributed by atoms with van der Waals surface area (Å²) in [5.74, 6) is -0.225. The van der Waals surface area contributed by atoms with Crippen molar-refractivity contribution in [1.82, 2.24) is 24.4 Å². The number of carbonyl (C=O) groups is 1. The lowest BCUT2D eigenvalue weighted by atomic mass is 10.1. The average molecular weight is 582 g/mol. The fourth-order valence-electron chi connectivity index (χ4n) is 4.39. The summed E-state index contributed by atoms with van der Waals surface area (Å²) in [5, 5.41) is 9.14. The van der Waals surface area contributed by atoms with E-state index in [1.54, 1.807) is 53.4 Å². The van der Waals surface area contributed by atoms with Crippen molar-refractivity contribution in [2.45, 2.75) is 20.3 Å². The summed E-state index contributed by atoms with van der Waals surface area (Å²) in [6.45, 7) is 3.68. The summed E-state index contributed by atoms with van der Waals surface area (Å²) < 4.78 is 29.0. The lowest BCUT2D eigenvalue weighted by Gasteiger charge is -2.07. The van der Waals surface area contributed by atoms with Crippen molar-refractivity contribution in [3.8, 4) is 39.8 Å². The molecule has 0 radical (unpaired) electrons. The first-order valence-corrected chi connectivity index (χ1v) is 14.0. The summed E-state index contributed by atoms with van der Waals surface area (Å²) in [4.78, 5) is 29.9. The molecule has 0 atom stereocenters. The maximum absolute atomic E-state index is 14.9. The van der Waals surface area contributed by atoms with E-state index in [4.69, 9.17) is 14.6 Å². The van der Waals surface area contributed by atoms with Crippen LogP contribution < -0.4 is 19.6 Å². The number of hydrogen-bond donors (Lipinski definition) is 0. The number of nitrogens with zero attached hydrogens (tertiary/aromatic N) is 5. The maximum atomic E-state index is 14.9. The SMILES string of the molecule is CCCOc1ccc(-c2nn(-c3ccccc3)cc2C=c2sc3nc(-c4ccccc4OC(C)=O)nn3c2=O)cc1F. The normalized spacial score (nSPS) is 11.7. The molecule has 0 aliphatic carbocycles. The van der Waals surface area contributed by atoms with Crippen LogP contribution in [0, 0.1) is 5.82 Å². The van der Waals surface area contributed by atoms with Gasteiger partial charge in [-0.1, -0.05) is 48.6 Å². The van der Waals surface area contributed by atoms with Crippen LogP contribution in [0.2, 0.25) is 0 Å². The minimum atomic E-state index is -0.494. The number of benzene rings is 3. The molecule has 3 aromatic heterocycles. The first kappa shape index (κ1) is 27.0. The molecule has 0 amide bonds. The van der Waals surface area contributed by atoms with Crippen LogP contribution in [0.4, 0.5) is 4.39 Å². The van der Waals surface area contributed by atoms with Crippen molar-refractivity contribution in [1.29, 1.82) is 0 Å². The van der Waals surface area contributed by atoms with Gasteiger partial charge in [0.1, 0.15) is 11.4 Å². The Labute approximate surface area is 243 Å². The molecule has 0 aliphatic rings. The monoisotopic (exact) mass is 581 g/mol. The van der Waals surface area contributed by atoms with Gasteiger partial charge in [-0.15, -0.1) is 5.10 Å². The molecule has 42 heavy (non-hydrogen) atoms. The zero-order valence-electron chi connectivity index (χ0n) is 22.7. The number of ether oxygens (including phenoxy) is 2. The van der Waals surface area contributed by atoms with Crippen LogP contribution in [-0.2, 0) is 4.79 Å². The number of rotatable bonds is 8. The molecule has 0 unspecified atom stereocenters. The van der Waals surface area contributed by atoms with Crippen molar-refractivity contribution in [3.05, 3.63) is 105 Å². The largest absolute Gasteiger partial charge is 0.491 e. The van der Waals surface area contributed by atoms with Gasteiger partial charge in [0, 0.05) is 24.2 Å². The van der Waals surface area contributed by atoms with Gasteiger partial charge in [-0.3, -0.25) is 9.59 Å². The van der Waals surface area contributed by atoms with E-state index in [2.05, 4.69) is 10.1 Å². The number of fused-ring (bicyclic) bond motifs is 1. The smallest absolute Gasteiger partial charge is 0.308 e. The highest BCUT2D eigenvalue weighted by Gasteiger charge is 2.18. The van der Waals surface area contributed by atoms with Gasteiger partial charge in [0.05, 0.1) is 22.4 Å². The molecule has 6 rings (SSSR count). The number of thiazole rings is 1. The third-order valence-electron chi connectivity index (χ3n) is 6.28. The zero-order valence-corrected chi connectivity index (χ0v) is 23.5. The van der Waals surface area contributed by atoms with Gasteiger partial charge < -0.3 is 9.47 Å². The molecule has 11 heteroatoms. The molecule has 0 saturated carbocycles. The number of halogens is 1. The van der Waals surface area contributed by atoms with Crippen LogP contribution >= 0.6 is 11.3 Å². The van der Waals surface area contributed by atoms with Crippen LogP contribution in [-0.4, -0.2) is 37.0 Å². The van der Waals surface area contributed by atoms with Crippen LogP contribution in [0.15, 0.2) is 83.8 Å². The van der Waals surface area contributed by atoms with E-state index in [0.29, 0.717) is 44.2 Å². The number of carbonyl (C=O) groups excluding carboxylic acids is 1. The highest BCUT2D eigenvalue weighted by Crippen LogP contribution is 2.30. The molecule has 0 aliphatic heterocycles. The van der Waals surface area contributed by atoms with Crippen molar-refractivity contribution in [3.63, 3.8) is 0 Å². The average Bonchev–Trinajstić information content (AvgIpc) is 3.68. The molecule has 0 bridgehead atoms. The Bertz CT molecular complexity index is 2030. The highest BCUT2D eigenvalue weighted by atomic mass is 32.1. The third-order valence-corrected chi connectivity index (χ3v) is 7.24. The molecule has 3 aromatic carbocycles. The molecule has 0 saturated heterocycles. The summed E-state index contributed by atoms with van der Waals surface area (Å²) in [5.41, 5.74) is 2.58. The lowest BCUT2D eigenvalue weighted by molar-refractivity contribution is -0.131. The Morgan fingerprint density at radius 2 is 1.81 bits per heavy atom. The van der Waals surface area contributed by atoms with Gasteiger partial charge >= 0.3 is 5.97 Å². The molecule has 0 spiro atoms. The Kier molecular flexibility index (Phi) is 7.32. The summed E-state index contributed by atoms with van der Waals surface area (Å²) >= 11 is 1.16. The second-order valence-electron chi connectivity index (χ2n) is 9.34. The zero-order chi connectivity index (χ0) is 29.2. The highest BCUT2D eigenvalue weighted by molar-refractivity contribution is 7.15. The second-order valence-corrected chi connectivity index (χ2v) is 10.4. The van der Waals surface area contributed by atoms with Gasteiger partial charge in [0.15, 0.2) is 17.4 Å². The van der Waals surface area contributed by atoms with Gasteiger partial charge in [-0.25, -0.2) is 9.07 Å². The topological polar surface area (TPSA) is 101 Å². The Balaban J connectivity index is 1.44. The number of para-hydroxylation sites is 2. The maximum Gasteiger partial charge on any atom is 0.308 e. The van der Waals surface area contributed by atoms with Gasteiger partial charge in [0.2, 0.25) is 4.96 Å². The van der Waals surface area contributed by atoms with Crippen LogP contribution in [0.3, 0.4) is 0 Å². The molecule has 0 N–H and O–H groups in total. The van der Waals surface area contributed by atoms with E-state index in [-0.39, 0.29) is 17.1 Å². The van der Waals surface area contributed by atoms with Gasteiger partial charge in [-0.05, 0) is 55.0 Å². The molecule has 210 valence electrons. The molecular weight excluding hydrogens is 557 g/mol. The standard InChI is InChI=1S/C31H24FN5O4S/c1-3-15-40-26-14-13-20(16-24(26)32)28-21(18-36(34-28)22-9-5-4-6-10-22)17-27-30(39)37-31(42-27)33-29(35-37)23-11-7-8-12-25(23)41-19(2)38/h4-14,16-18H,3,15H2,1-2H3. The van der Waals surface area contributed by atoms with E-state index < -0.39 is 11.8 Å². The number of aromatic nitrogens is 5. The summed E-state index contributed by atoms with van der Waals surface area (Å²) in [7, 11) is 0. The number of hydrogen-bond acceptors (Lipinski definition) is 8. The van der Waals surface area contributed by atoms with Crippen molar-refractivity contribution in [2.75, 3.05) is 6.61 Å². The molecule has 6 aromatic rings. The van der Waals surface area contributed by atoms with E-state index >= 15 is 0 Å². The van der Waals surface area contributed by atoms with E-state index in [0.717, 1.165) is 23.4 Å². The predicted octanol–water partition coefficient (Wildman–Crippen LogP) is 5.07. The van der Waals surface area contributed by atoms with Crippen molar-refractivity contribution in [2.24, 2.45) is 0 Å². The number of esters is 1. The second kappa shape index (κ2) is 11.4. The molecule has 0 fully saturated rings. The van der Waals surface area contributed by atoms with Crippen molar-refractivity contribution >= 4 is 28.3 Å². The van der Waals surface area contributed by atoms with Crippen molar-refractivity contribution < 1.29 is 18.7 Å². The fraction of sp³-hybridized carbons (Fsp3) is 0.129. The molecular formula is C31H24FN5O4S. The quantitative estimate of drug-likeness (QED) is 0.183. The molecule has 9 nitrogen and oxygen atoms in total. The predicted molar refractivity (Wildman–Crippen MR) is 157 cm³/mol. The lowest BCUT2D eigenvalue weighted by Crippen LogP contribution is -2.23. The van der Waals surface area contributed by atoms with E-state index in [9.17, 15) is 14.0 Å². The third kappa shape index (κ3) is 5.29. The Morgan fingerprint density at radius 3 is 2.55 bits per heavy atom. The summed E-state index contributed by atoms with van der Waals surface area (Å²) in [6.07, 6.45) is 4.26.